The molecule has 3 aromatic rings. The highest BCUT2D eigenvalue weighted by atomic mass is 32.1. The van der Waals surface area contributed by atoms with Crippen LogP contribution in [-0.2, 0) is 20.1 Å². The minimum atomic E-state index is -0.434. The van der Waals surface area contributed by atoms with Crippen molar-refractivity contribution in [3.63, 3.8) is 0 Å². The summed E-state index contributed by atoms with van der Waals surface area (Å²) in [7, 11) is 1.94. The van der Waals surface area contributed by atoms with Crippen LogP contribution in [0.3, 0.4) is 0 Å². The van der Waals surface area contributed by atoms with Crippen LogP contribution in [0, 0.1) is 17.0 Å². The number of rotatable bonds is 6. The van der Waals surface area contributed by atoms with Gasteiger partial charge in [-0.25, -0.2) is 0 Å². The van der Waals surface area contributed by atoms with Crippen LogP contribution >= 0.6 is 11.3 Å². The van der Waals surface area contributed by atoms with E-state index in [0.29, 0.717) is 24.2 Å². The van der Waals surface area contributed by atoms with E-state index in [1.165, 1.54) is 12.1 Å². The van der Waals surface area contributed by atoms with Gasteiger partial charge >= 0.3 is 0 Å². The summed E-state index contributed by atoms with van der Waals surface area (Å²) in [5.74, 6) is -0.141. The maximum Gasteiger partial charge on any atom is 0.272 e. The molecule has 0 N–H and O–H groups in total. The molecule has 0 atom stereocenters. The highest BCUT2D eigenvalue weighted by molar-refractivity contribution is 7.09. The quantitative estimate of drug-likeness (QED) is 0.484. The number of hydrogen-bond acceptors (Lipinski definition) is 4. The molecule has 1 aromatic carbocycles. The van der Waals surface area contributed by atoms with E-state index in [9.17, 15) is 14.9 Å². The highest BCUT2D eigenvalue weighted by Crippen LogP contribution is 2.22. The topological polar surface area (TPSA) is 68.4 Å². The second-order valence-electron chi connectivity index (χ2n) is 6.11. The first-order chi connectivity index (χ1) is 12.5. The van der Waals surface area contributed by atoms with Crippen molar-refractivity contribution < 1.29 is 9.72 Å². The Morgan fingerprint density at radius 2 is 2.04 bits per heavy atom. The van der Waals surface area contributed by atoms with Gasteiger partial charge in [0.2, 0.25) is 0 Å². The molecule has 7 heteroatoms. The Bertz CT molecular complexity index is 931. The van der Waals surface area contributed by atoms with E-state index in [2.05, 4.69) is 0 Å². The monoisotopic (exact) mass is 369 g/mol. The van der Waals surface area contributed by atoms with Crippen LogP contribution in [0.5, 0.6) is 0 Å². The third-order valence-corrected chi connectivity index (χ3v) is 5.12. The zero-order valence-electron chi connectivity index (χ0n) is 14.6. The lowest BCUT2D eigenvalue weighted by Gasteiger charge is -2.23. The minimum absolute atomic E-state index is 0.0220. The molecule has 2 aromatic heterocycles. The first-order valence-electron chi connectivity index (χ1n) is 8.12. The van der Waals surface area contributed by atoms with Gasteiger partial charge in [0.05, 0.1) is 18.0 Å². The second kappa shape index (κ2) is 7.53. The fraction of sp³-hybridized carbons (Fsp3) is 0.211. The molecule has 0 bridgehead atoms. The lowest BCUT2D eigenvalue weighted by atomic mass is 10.1. The highest BCUT2D eigenvalue weighted by Gasteiger charge is 2.20. The van der Waals surface area contributed by atoms with Gasteiger partial charge in [0.15, 0.2) is 0 Å². The van der Waals surface area contributed by atoms with E-state index in [1.807, 2.05) is 47.5 Å². The molecule has 0 spiro atoms. The molecule has 0 aliphatic rings. The molecule has 0 fully saturated rings. The lowest BCUT2D eigenvalue weighted by molar-refractivity contribution is -0.385. The van der Waals surface area contributed by atoms with Crippen molar-refractivity contribution >= 4 is 22.9 Å². The summed E-state index contributed by atoms with van der Waals surface area (Å²) >= 11 is 1.60. The molecular formula is C19H19N3O3S. The average Bonchev–Trinajstić information content (AvgIpc) is 3.25. The zero-order valence-corrected chi connectivity index (χ0v) is 15.4. The van der Waals surface area contributed by atoms with Gasteiger partial charge in [0.25, 0.3) is 11.6 Å². The Labute approximate surface area is 155 Å². The number of aryl methyl sites for hydroxylation is 2. The summed E-state index contributed by atoms with van der Waals surface area (Å²) in [6.45, 7) is 2.61. The van der Waals surface area contributed by atoms with Crippen molar-refractivity contribution in [2.24, 2.45) is 7.05 Å². The third kappa shape index (κ3) is 3.83. The molecule has 6 nitrogen and oxygen atoms in total. The van der Waals surface area contributed by atoms with Crippen molar-refractivity contribution in [2.45, 2.75) is 20.0 Å². The first-order valence-corrected chi connectivity index (χ1v) is 9.00. The summed E-state index contributed by atoms with van der Waals surface area (Å²) in [4.78, 5) is 26.5. The van der Waals surface area contributed by atoms with Crippen molar-refractivity contribution in [3.8, 4) is 0 Å². The van der Waals surface area contributed by atoms with Crippen molar-refractivity contribution in [1.82, 2.24) is 9.47 Å². The Hall–Kier alpha value is -2.93. The normalized spacial score (nSPS) is 10.7. The molecule has 1 amide bonds. The summed E-state index contributed by atoms with van der Waals surface area (Å²) in [6, 6.07) is 12.4. The number of hydrogen-bond donors (Lipinski definition) is 0. The van der Waals surface area contributed by atoms with Gasteiger partial charge in [0, 0.05) is 41.0 Å². The largest absolute Gasteiger partial charge is 0.353 e. The predicted molar refractivity (Wildman–Crippen MR) is 101 cm³/mol. The Kier molecular flexibility index (Phi) is 5.18. The summed E-state index contributed by atoms with van der Waals surface area (Å²) in [6.07, 6.45) is 1.94. The van der Waals surface area contributed by atoms with E-state index < -0.39 is 4.92 Å². The average molecular weight is 369 g/mol. The van der Waals surface area contributed by atoms with E-state index in [1.54, 1.807) is 29.2 Å². The van der Waals surface area contributed by atoms with Crippen LogP contribution in [-0.4, -0.2) is 20.3 Å². The van der Waals surface area contributed by atoms with Gasteiger partial charge in [-0.15, -0.1) is 11.3 Å². The molecule has 2 heterocycles. The number of benzene rings is 1. The molecule has 134 valence electrons. The maximum absolute atomic E-state index is 13.1. The number of aromatic nitrogens is 1. The number of amides is 1. The van der Waals surface area contributed by atoms with Crippen LogP contribution < -0.4 is 0 Å². The van der Waals surface area contributed by atoms with Gasteiger partial charge in [0.1, 0.15) is 0 Å². The van der Waals surface area contributed by atoms with Crippen LogP contribution in [0.15, 0.2) is 54.0 Å². The second-order valence-corrected chi connectivity index (χ2v) is 7.14. The fourth-order valence-electron chi connectivity index (χ4n) is 2.82. The minimum Gasteiger partial charge on any atom is -0.353 e. The predicted octanol–water partition coefficient (Wildman–Crippen LogP) is 4.15. The molecule has 0 aliphatic heterocycles. The molecule has 0 aliphatic carbocycles. The van der Waals surface area contributed by atoms with Gasteiger partial charge in [-0.2, -0.15) is 0 Å². The van der Waals surface area contributed by atoms with Crippen LogP contribution in [0.1, 0.15) is 26.5 Å². The third-order valence-electron chi connectivity index (χ3n) is 4.26. The van der Waals surface area contributed by atoms with Gasteiger partial charge < -0.3 is 9.47 Å². The van der Waals surface area contributed by atoms with E-state index in [-0.39, 0.29) is 11.6 Å². The molecule has 26 heavy (non-hydrogen) atoms. The molecule has 0 unspecified atom stereocenters. The number of nitrogens with zero attached hydrogens (tertiary/aromatic N) is 3. The lowest BCUT2D eigenvalue weighted by Crippen LogP contribution is -2.30. The van der Waals surface area contributed by atoms with Crippen LogP contribution in [0.4, 0.5) is 5.69 Å². The van der Waals surface area contributed by atoms with Crippen molar-refractivity contribution in [2.75, 3.05) is 0 Å². The fourth-order valence-corrected chi connectivity index (χ4v) is 3.54. The maximum atomic E-state index is 13.1. The Morgan fingerprint density at radius 1 is 1.23 bits per heavy atom. The van der Waals surface area contributed by atoms with E-state index >= 15 is 0 Å². The van der Waals surface area contributed by atoms with Crippen LogP contribution in [0.2, 0.25) is 0 Å². The Morgan fingerprint density at radius 3 is 2.62 bits per heavy atom. The first kappa shape index (κ1) is 17.9. The molecule has 0 radical (unpaired) electrons. The molecule has 0 saturated heterocycles. The molecule has 0 saturated carbocycles. The summed E-state index contributed by atoms with van der Waals surface area (Å²) in [5.41, 5.74) is 1.98. The van der Waals surface area contributed by atoms with Crippen molar-refractivity contribution in [1.29, 1.82) is 0 Å². The number of thiophene rings is 1. The Balaban J connectivity index is 1.90. The van der Waals surface area contributed by atoms with E-state index in [4.69, 9.17) is 0 Å². The number of nitro groups is 1. The standard InChI is InChI=1S/C19H19N3O3S/c1-14-11-15(7-8-18(14)22(24)25)19(23)21(13-17-6-4-10-26-17)12-16-5-3-9-20(16)2/h3-11H,12-13H2,1-2H3. The number of carbonyl (C=O) groups excluding carboxylic acids is 1. The van der Waals surface area contributed by atoms with Crippen LogP contribution in [0.25, 0.3) is 0 Å². The number of carbonyl (C=O) groups is 1. The van der Waals surface area contributed by atoms with Gasteiger partial charge in [-0.1, -0.05) is 6.07 Å². The van der Waals surface area contributed by atoms with Crippen molar-refractivity contribution in [3.05, 3.63) is 85.9 Å². The molecular weight excluding hydrogens is 350 g/mol. The molecule has 3 rings (SSSR count). The zero-order chi connectivity index (χ0) is 18.7. The van der Waals surface area contributed by atoms with Gasteiger partial charge in [-0.3, -0.25) is 14.9 Å². The van der Waals surface area contributed by atoms with Gasteiger partial charge in [-0.05, 0) is 42.6 Å². The smallest absolute Gasteiger partial charge is 0.272 e. The number of nitro benzene ring substituents is 1. The SMILES string of the molecule is Cc1cc(C(=O)N(Cc2cccs2)Cc2cccn2C)ccc1[N+](=O)[O-]. The van der Waals surface area contributed by atoms with E-state index in [0.717, 1.165) is 10.6 Å². The summed E-state index contributed by atoms with van der Waals surface area (Å²) < 4.78 is 1.98. The summed E-state index contributed by atoms with van der Waals surface area (Å²) in [5, 5.41) is 13.0.